The summed E-state index contributed by atoms with van der Waals surface area (Å²) in [6, 6.07) is 6.36. The van der Waals surface area contributed by atoms with Gasteiger partial charge in [-0.25, -0.2) is 4.79 Å². The summed E-state index contributed by atoms with van der Waals surface area (Å²) in [5, 5.41) is 8.49. The summed E-state index contributed by atoms with van der Waals surface area (Å²) in [4.78, 5) is 10.3. The van der Waals surface area contributed by atoms with Crippen LogP contribution < -0.4 is 5.73 Å². The molecular weight excluding hydrogens is 153 g/mol. The minimum atomic E-state index is -0.988. The normalized spacial score (nSPS) is 8.36. The molecule has 1 rings (SSSR count). The average Bonchev–Trinajstić information content (AvgIpc) is 1.88. The monoisotopic (exact) mass is 161 g/mol. The Morgan fingerprint density at radius 3 is 2.27 bits per heavy atom. The standard InChI is InChI=1S/C7H7NO2.Na.H/c8-6-4-2-1-3-5(6)7(9)10;;/h1-4H,8H2,(H,9,10);;. The predicted octanol–water partition coefficient (Wildman–Crippen LogP) is 0.319. The number of nitrogens with two attached hydrogens (primary N) is 1. The van der Waals surface area contributed by atoms with Gasteiger partial charge >= 0.3 is 35.5 Å². The van der Waals surface area contributed by atoms with Gasteiger partial charge in [0.2, 0.25) is 0 Å². The third-order valence-corrected chi connectivity index (χ3v) is 1.19. The number of aromatic carboxylic acids is 1. The summed E-state index contributed by atoms with van der Waals surface area (Å²) in [5.74, 6) is -0.988. The Kier molecular flexibility index (Phi) is 4.18. The van der Waals surface area contributed by atoms with Gasteiger partial charge in [-0.1, -0.05) is 12.1 Å². The van der Waals surface area contributed by atoms with Crippen molar-refractivity contribution >= 4 is 41.2 Å². The summed E-state index contributed by atoms with van der Waals surface area (Å²) < 4.78 is 0. The van der Waals surface area contributed by atoms with Crippen molar-refractivity contribution in [3.8, 4) is 0 Å². The van der Waals surface area contributed by atoms with E-state index >= 15 is 0 Å². The summed E-state index contributed by atoms with van der Waals surface area (Å²) >= 11 is 0. The first-order valence-corrected chi connectivity index (χ1v) is 2.79. The van der Waals surface area contributed by atoms with Crippen LogP contribution in [0.4, 0.5) is 5.69 Å². The summed E-state index contributed by atoms with van der Waals surface area (Å²) in [7, 11) is 0. The van der Waals surface area contributed by atoms with Crippen molar-refractivity contribution in [1.29, 1.82) is 0 Å². The van der Waals surface area contributed by atoms with E-state index in [1.165, 1.54) is 6.07 Å². The Morgan fingerprint density at radius 2 is 1.91 bits per heavy atom. The molecule has 0 atom stereocenters. The molecule has 0 spiro atoms. The van der Waals surface area contributed by atoms with Crippen LogP contribution in [0.2, 0.25) is 0 Å². The van der Waals surface area contributed by atoms with Crippen LogP contribution in [-0.2, 0) is 0 Å². The fraction of sp³-hybridized carbons (Fsp3) is 0. The Hall–Kier alpha value is -0.510. The maximum atomic E-state index is 10.3. The van der Waals surface area contributed by atoms with E-state index in [2.05, 4.69) is 0 Å². The molecule has 0 aliphatic heterocycles. The van der Waals surface area contributed by atoms with E-state index in [4.69, 9.17) is 10.8 Å². The molecule has 4 heteroatoms. The van der Waals surface area contributed by atoms with Gasteiger partial charge in [-0.05, 0) is 12.1 Å². The van der Waals surface area contributed by atoms with Crippen molar-refractivity contribution in [3.63, 3.8) is 0 Å². The third kappa shape index (κ3) is 2.54. The Balaban J connectivity index is 0.000001000. The van der Waals surface area contributed by atoms with Crippen molar-refractivity contribution in [2.75, 3.05) is 5.73 Å². The zero-order chi connectivity index (χ0) is 7.56. The van der Waals surface area contributed by atoms with E-state index in [0.29, 0.717) is 5.69 Å². The summed E-state index contributed by atoms with van der Waals surface area (Å²) in [6.45, 7) is 0. The van der Waals surface area contributed by atoms with E-state index in [1.54, 1.807) is 18.2 Å². The van der Waals surface area contributed by atoms with Crippen molar-refractivity contribution in [2.45, 2.75) is 0 Å². The SMILES string of the molecule is Nc1ccccc1C(=O)O.[NaH]. The molecule has 1 aromatic carbocycles. The molecule has 0 heterocycles. The second-order valence-corrected chi connectivity index (χ2v) is 1.89. The molecule has 0 saturated heterocycles. The molecule has 0 fully saturated rings. The van der Waals surface area contributed by atoms with E-state index in [9.17, 15) is 4.79 Å². The van der Waals surface area contributed by atoms with Crippen LogP contribution in [0.1, 0.15) is 10.4 Å². The summed E-state index contributed by atoms with van der Waals surface area (Å²) in [5.41, 5.74) is 5.80. The van der Waals surface area contributed by atoms with Crippen LogP contribution in [0.25, 0.3) is 0 Å². The van der Waals surface area contributed by atoms with Crippen LogP contribution in [-0.4, -0.2) is 40.6 Å². The topological polar surface area (TPSA) is 63.3 Å². The molecule has 1 aromatic rings. The number of rotatable bonds is 1. The number of nitrogen functional groups attached to an aromatic ring is 1. The minimum absolute atomic E-state index is 0. The van der Waals surface area contributed by atoms with Gasteiger partial charge in [-0.3, -0.25) is 0 Å². The molecule has 0 radical (unpaired) electrons. The second kappa shape index (κ2) is 4.38. The van der Waals surface area contributed by atoms with E-state index in [-0.39, 0.29) is 35.1 Å². The van der Waals surface area contributed by atoms with Gasteiger partial charge in [0.25, 0.3) is 0 Å². The first-order chi connectivity index (χ1) is 4.72. The van der Waals surface area contributed by atoms with E-state index in [1.807, 2.05) is 0 Å². The van der Waals surface area contributed by atoms with Crippen LogP contribution in [0.3, 0.4) is 0 Å². The molecule has 11 heavy (non-hydrogen) atoms. The van der Waals surface area contributed by atoms with Gasteiger partial charge in [-0.2, -0.15) is 0 Å². The van der Waals surface area contributed by atoms with Crippen LogP contribution in [0.15, 0.2) is 24.3 Å². The number of hydrogen-bond donors (Lipinski definition) is 2. The van der Waals surface area contributed by atoms with Crippen LogP contribution in [0, 0.1) is 0 Å². The molecule has 0 bridgehead atoms. The van der Waals surface area contributed by atoms with Crippen LogP contribution in [0.5, 0.6) is 0 Å². The molecule has 0 aliphatic rings. The number of carboxylic acid groups (broad SMARTS) is 1. The molecular formula is C7H8NNaO2. The predicted molar refractivity (Wildman–Crippen MR) is 45.0 cm³/mol. The van der Waals surface area contributed by atoms with Gasteiger partial charge in [0, 0.05) is 5.69 Å². The fourth-order valence-electron chi connectivity index (χ4n) is 0.692. The zero-order valence-electron chi connectivity index (χ0n) is 5.24. The fourth-order valence-corrected chi connectivity index (χ4v) is 0.692. The molecule has 0 aromatic heterocycles. The Morgan fingerprint density at radius 1 is 1.36 bits per heavy atom. The molecule has 0 saturated carbocycles. The third-order valence-electron chi connectivity index (χ3n) is 1.19. The Bertz CT molecular complexity index is 262. The van der Waals surface area contributed by atoms with Crippen molar-refractivity contribution < 1.29 is 9.90 Å². The first-order valence-electron chi connectivity index (χ1n) is 2.79. The van der Waals surface area contributed by atoms with Gasteiger partial charge in [0.05, 0.1) is 5.56 Å². The number of hydrogen-bond acceptors (Lipinski definition) is 2. The zero-order valence-corrected chi connectivity index (χ0v) is 5.24. The number of benzene rings is 1. The molecule has 3 N–H and O–H groups in total. The average molecular weight is 161 g/mol. The quantitative estimate of drug-likeness (QED) is 0.460. The number of carbonyl (C=O) groups is 1. The van der Waals surface area contributed by atoms with E-state index < -0.39 is 5.97 Å². The van der Waals surface area contributed by atoms with Crippen LogP contribution >= 0.6 is 0 Å². The van der Waals surface area contributed by atoms with Gasteiger partial charge in [0.1, 0.15) is 0 Å². The molecule has 0 aliphatic carbocycles. The number of carboxylic acids is 1. The van der Waals surface area contributed by atoms with Crippen molar-refractivity contribution in [2.24, 2.45) is 0 Å². The Labute approximate surface area is 86.5 Å². The number of anilines is 1. The van der Waals surface area contributed by atoms with Gasteiger partial charge < -0.3 is 10.8 Å². The molecule has 0 amide bonds. The van der Waals surface area contributed by atoms with Gasteiger partial charge in [-0.15, -0.1) is 0 Å². The molecule has 54 valence electrons. The number of para-hydroxylation sites is 1. The maximum absolute atomic E-state index is 10.3. The van der Waals surface area contributed by atoms with Crippen molar-refractivity contribution in [3.05, 3.63) is 29.8 Å². The first kappa shape index (κ1) is 10.5. The second-order valence-electron chi connectivity index (χ2n) is 1.89. The van der Waals surface area contributed by atoms with Crippen molar-refractivity contribution in [1.82, 2.24) is 0 Å². The van der Waals surface area contributed by atoms with Gasteiger partial charge in [0.15, 0.2) is 0 Å². The summed E-state index contributed by atoms with van der Waals surface area (Å²) in [6.07, 6.45) is 0. The molecule has 3 nitrogen and oxygen atoms in total. The van der Waals surface area contributed by atoms with E-state index in [0.717, 1.165) is 0 Å². The molecule has 0 unspecified atom stereocenters.